The number of fused-ring (bicyclic) bond motifs is 1. The van der Waals surface area contributed by atoms with Gasteiger partial charge in [-0.3, -0.25) is 4.90 Å². The summed E-state index contributed by atoms with van der Waals surface area (Å²) in [6.45, 7) is 4.13. The lowest BCUT2D eigenvalue weighted by Crippen LogP contribution is -2.51. The normalized spacial score (nSPS) is 18.8. The fourth-order valence-electron chi connectivity index (χ4n) is 3.87. The van der Waals surface area contributed by atoms with Crippen LogP contribution in [0.5, 0.6) is 0 Å². The van der Waals surface area contributed by atoms with Crippen molar-refractivity contribution in [3.8, 4) is 11.4 Å². The summed E-state index contributed by atoms with van der Waals surface area (Å²) >= 11 is 0. The lowest BCUT2D eigenvalue weighted by molar-refractivity contribution is 0.0742. The molecule has 5 nitrogen and oxygen atoms in total. The van der Waals surface area contributed by atoms with Crippen LogP contribution in [0.4, 0.5) is 0 Å². The molecular weight excluding hydrogens is 336 g/mol. The van der Waals surface area contributed by atoms with E-state index in [-0.39, 0.29) is 6.61 Å². The van der Waals surface area contributed by atoms with Crippen LogP contribution in [-0.2, 0) is 6.54 Å². The SMILES string of the molecule is CN1CCN(Cc2cnc(-c3cccc4ccccc34)nc2)C[C@H]1CCO. The van der Waals surface area contributed by atoms with Gasteiger partial charge in [0.05, 0.1) is 0 Å². The Labute approximate surface area is 160 Å². The minimum absolute atomic E-state index is 0.242. The molecule has 0 spiro atoms. The van der Waals surface area contributed by atoms with Crippen LogP contribution in [0, 0.1) is 0 Å². The van der Waals surface area contributed by atoms with Crippen LogP contribution in [-0.4, -0.2) is 64.2 Å². The number of nitrogens with zero attached hydrogens (tertiary/aromatic N) is 4. The molecule has 1 saturated heterocycles. The Bertz CT molecular complexity index is 891. The maximum absolute atomic E-state index is 9.26. The second kappa shape index (κ2) is 8.13. The Morgan fingerprint density at radius 1 is 1.04 bits per heavy atom. The highest BCUT2D eigenvalue weighted by Crippen LogP contribution is 2.26. The van der Waals surface area contributed by atoms with Gasteiger partial charge >= 0.3 is 0 Å². The topological polar surface area (TPSA) is 52.5 Å². The molecule has 3 aromatic rings. The average molecular weight is 362 g/mol. The van der Waals surface area contributed by atoms with Crippen LogP contribution < -0.4 is 0 Å². The minimum Gasteiger partial charge on any atom is -0.396 e. The molecular formula is C22H26N4O. The van der Waals surface area contributed by atoms with Crippen molar-refractivity contribution in [1.29, 1.82) is 0 Å². The highest BCUT2D eigenvalue weighted by Gasteiger charge is 2.23. The molecule has 1 aliphatic rings. The van der Waals surface area contributed by atoms with E-state index in [0.717, 1.165) is 49.6 Å². The van der Waals surface area contributed by atoms with Crippen molar-refractivity contribution in [2.24, 2.45) is 0 Å². The van der Waals surface area contributed by atoms with Crippen molar-refractivity contribution in [3.05, 3.63) is 60.4 Å². The molecule has 1 fully saturated rings. The van der Waals surface area contributed by atoms with Crippen LogP contribution in [0.15, 0.2) is 54.9 Å². The van der Waals surface area contributed by atoms with Gasteiger partial charge in [0.25, 0.3) is 0 Å². The summed E-state index contributed by atoms with van der Waals surface area (Å²) in [7, 11) is 2.14. The number of aliphatic hydroxyl groups is 1. The molecule has 1 aromatic heterocycles. The number of aromatic nitrogens is 2. The van der Waals surface area contributed by atoms with Crippen LogP contribution >= 0.6 is 0 Å². The number of rotatable bonds is 5. The van der Waals surface area contributed by atoms with E-state index in [1.807, 2.05) is 12.4 Å². The summed E-state index contributed by atoms with van der Waals surface area (Å²) in [5, 5.41) is 11.6. The first kappa shape index (κ1) is 18.0. The van der Waals surface area contributed by atoms with E-state index < -0.39 is 0 Å². The highest BCUT2D eigenvalue weighted by molar-refractivity contribution is 5.94. The summed E-state index contributed by atoms with van der Waals surface area (Å²) in [4.78, 5) is 14.1. The molecule has 4 rings (SSSR count). The summed E-state index contributed by atoms with van der Waals surface area (Å²) in [5.74, 6) is 0.770. The molecule has 0 radical (unpaired) electrons. The largest absolute Gasteiger partial charge is 0.396 e. The van der Waals surface area contributed by atoms with Crippen molar-refractivity contribution in [1.82, 2.24) is 19.8 Å². The second-order valence-electron chi connectivity index (χ2n) is 7.32. The summed E-state index contributed by atoms with van der Waals surface area (Å²) in [6, 6.07) is 15.0. The number of likely N-dealkylation sites (N-methyl/N-ethyl adjacent to an activating group) is 1. The van der Waals surface area contributed by atoms with Crippen molar-refractivity contribution in [2.75, 3.05) is 33.3 Å². The predicted molar refractivity (Wildman–Crippen MR) is 108 cm³/mol. The summed E-state index contributed by atoms with van der Waals surface area (Å²) < 4.78 is 0. The fraction of sp³-hybridized carbons (Fsp3) is 0.364. The third-order valence-electron chi connectivity index (χ3n) is 5.47. The number of benzene rings is 2. The third kappa shape index (κ3) is 4.00. The molecule has 1 aliphatic heterocycles. The molecule has 2 heterocycles. The van der Waals surface area contributed by atoms with Crippen molar-refractivity contribution in [2.45, 2.75) is 19.0 Å². The molecule has 5 heteroatoms. The van der Waals surface area contributed by atoms with Gasteiger partial charge in [0.15, 0.2) is 5.82 Å². The predicted octanol–water partition coefficient (Wildman–Crippen LogP) is 2.80. The number of hydrogen-bond acceptors (Lipinski definition) is 5. The van der Waals surface area contributed by atoms with Gasteiger partial charge in [0.2, 0.25) is 0 Å². The quantitative estimate of drug-likeness (QED) is 0.756. The molecule has 2 aromatic carbocycles. The van der Waals surface area contributed by atoms with Gasteiger partial charge in [-0.15, -0.1) is 0 Å². The Morgan fingerprint density at radius 3 is 2.63 bits per heavy atom. The Hall–Kier alpha value is -2.34. The van der Waals surface area contributed by atoms with Crippen molar-refractivity contribution in [3.63, 3.8) is 0 Å². The Balaban J connectivity index is 1.49. The second-order valence-corrected chi connectivity index (χ2v) is 7.32. The lowest BCUT2D eigenvalue weighted by atomic mass is 10.0. The Morgan fingerprint density at radius 2 is 1.81 bits per heavy atom. The maximum Gasteiger partial charge on any atom is 0.159 e. The van der Waals surface area contributed by atoms with Crippen LogP contribution in [0.3, 0.4) is 0 Å². The molecule has 1 atom stereocenters. The smallest absolute Gasteiger partial charge is 0.159 e. The van der Waals surface area contributed by atoms with E-state index in [0.29, 0.717) is 6.04 Å². The van der Waals surface area contributed by atoms with Gasteiger partial charge < -0.3 is 10.0 Å². The number of aliphatic hydroxyl groups excluding tert-OH is 1. The molecule has 0 unspecified atom stereocenters. The van der Waals surface area contributed by atoms with Gasteiger partial charge in [0, 0.05) is 62.3 Å². The van der Waals surface area contributed by atoms with Gasteiger partial charge in [-0.1, -0.05) is 42.5 Å². The lowest BCUT2D eigenvalue weighted by Gasteiger charge is -2.39. The summed E-state index contributed by atoms with van der Waals surface area (Å²) in [6.07, 6.45) is 4.72. The first-order chi connectivity index (χ1) is 13.2. The van der Waals surface area contributed by atoms with E-state index in [1.54, 1.807) is 0 Å². The fourth-order valence-corrected chi connectivity index (χ4v) is 3.87. The molecule has 0 bridgehead atoms. The third-order valence-corrected chi connectivity index (χ3v) is 5.47. The zero-order valence-corrected chi connectivity index (χ0v) is 15.8. The van der Waals surface area contributed by atoms with Crippen molar-refractivity contribution >= 4 is 10.8 Å². The van der Waals surface area contributed by atoms with Gasteiger partial charge in [-0.05, 0) is 24.2 Å². The van der Waals surface area contributed by atoms with Crippen LogP contribution in [0.25, 0.3) is 22.2 Å². The van der Waals surface area contributed by atoms with E-state index in [4.69, 9.17) is 0 Å². The molecule has 0 saturated carbocycles. The monoisotopic (exact) mass is 362 g/mol. The molecule has 27 heavy (non-hydrogen) atoms. The van der Waals surface area contributed by atoms with Crippen LogP contribution in [0.1, 0.15) is 12.0 Å². The first-order valence-electron chi connectivity index (χ1n) is 9.57. The summed E-state index contributed by atoms with van der Waals surface area (Å²) in [5.41, 5.74) is 2.20. The zero-order valence-electron chi connectivity index (χ0n) is 15.8. The molecule has 0 amide bonds. The Kier molecular flexibility index (Phi) is 5.43. The highest BCUT2D eigenvalue weighted by atomic mass is 16.3. The van der Waals surface area contributed by atoms with E-state index >= 15 is 0 Å². The minimum atomic E-state index is 0.242. The number of piperazine rings is 1. The van der Waals surface area contributed by atoms with Crippen molar-refractivity contribution < 1.29 is 5.11 Å². The zero-order chi connectivity index (χ0) is 18.6. The molecule has 0 aliphatic carbocycles. The average Bonchev–Trinajstić information content (AvgIpc) is 2.71. The maximum atomic E-state index is 9.26. The van der Waals surface area contributed by atoms with E-state index in [2.05, 4.69) is 69.3 Å². The van der Waals surface area contributed by atoms with Gasteiger partial charge in [0.1, 0.15) is 0 Å². The van der Waals surface area contributed by atoms with Gasteiger partial charge in [-0.25, -0.2) is 9.97 Å². The first-order valence-corrected chi connectivity index (χ1v) is 9.57. The number of hydrogen-bond donors (Lipinski definition) is 1. The van der Waals surface area contributed by atoms with Gasteiger partial charge in [-0.2, -0.15) is 0 Å². The van der Waals surface area contributed by atoms with E-state index in [1.165, 1.54) is 10.8 Å². The molecule has 140 valence electrons. The van der Waals surface area contributed by atoms with E-state index in [9.17, 15) is 5.11 Å². The standard InChI is InChI=1S/C22H26N4O/c1-25-10-11-26(16-19(25)9-12-27)15-17-13-23-22(24-14-17)21-8-4-6-18-5-2-3-7-20(18)21/h2-8,13-14,19,27H,9-12,15-16H2,1H3/t19-/m1/s1. The molecule has 1 N–H and O–H groups in total. The van der Waals surface area contributed by atoms with Crippen LogP contribution in [0.2, 0.25) is 0 Å².